The molecule has 0 unspecified atom stereocenters. The van der Waals surface area contributed by atoms with E-state index in [1.165, 1.54) is 4.68 Å². The summed E-state index contributed by atoms with van der Waals surface area (Å²) in [5.74, 6) is 0.829. The molecule has 2 aliphatic rings. The number of aromatic nitrogens is 4. The van der Waals surface area contributed by atoms with Crippen LogP contribution in [-0.2, 0) is 24.8 Å². The van der Waals surface area contributed by atoms with Gasteiger partial charge in [-0.3, -0.25) is 14.3 Å². The third-order valence-corrected chi connectivity index (χ3v) is 5.39. The predicted molar refractivity (Wildman–Crippen MR) is 97.0 cm³/mol. The van der Waals surface area contributed by atoms with Crippen LogP contribution in [0.25, 0.3) is 0 Å². The molecule has 2 aliphatic heterocycles. The first kappa shape index (κ1) is 16.8. The Kier molecular flexibility index (Phi) is 4.26. The number of nitrogens with zero attached hydrogens (tertiary/aromatic N) is 6. The summed E-state index contributed by atoms with van der Waals surface area (Å²) in [7, 11) is 1.66. The van der Waals surface area contributed by atoms with Gasteiger partial charge in [0.1, 0.15) is 5.82 Å². The third-order valence-electron chi connectivity index (χ3n) is 5.39. The van der Waals surface area contributed by atoms with Crippen LogP contribution < -0.4 is 10.6 Å². The SMILES string of the molecule is Cc1cc(N2CCN(C(=O)[C@@H]3CCc4nn(C)c(=O)n4C3)CC2)ccn1. The molecule has 4 rings (SSSR count). The molecule has 0 saturated carbocycles. The number of pyridine rings is 1. The van der Waals surface area contributed by atoms with Gasteiger partial charge in [0.25, 0.3) is 0 Å². The van der Waals surface area contributed by atoms with E-state index in [-0.39, 0.29) is 17.5 Å². The Morgan fingerprint density at radius 3 is 2.73 bits per heavy atom. The molecule has 1 atom stereocenters. The molecule has 0 aromatic carbocycles. The van der Waals surface area contributed by atoms with Crippen LogP contribution >= 0.6 is 0 Å². The fourth-order valence-corrected chi connectivity index (χ4v) is 3.91. The Labute approximate surface area is 152 Å². The average molecular weight is 356 g/mol. The summed E-state index contributed by atoms with van der Waals surface area (Å²) in [6, 6.07) is 4.09. The van der Waals surface area contributed by atoms with Gasteiger partial charge in [0, 0.05) is 63.8 Å². The molecule has 8 nitrogen and oxygen atoms in total. The van der Waals surface area contributed by atoms with Crippen molar-refractivity contribution in [3.8, 4) is 0 Å². The maximum atomic E-state index is 12.9. The Bertz CT molecular complexity index is 878. The molecule has 0 aliphatic carbocycles. The van der Waals surface area contributed by atoms with Crippen molar-refractivity contribution in [2.75, 3.05) is 31.1 Å². The summed E-state index contributed by atoms with van der Waals surface area (Å²) in [6.45, 7) is 5.50. The number of carbonyl (C=O) groups excluding carboxylic acids is 1. The average Bonchev–Trinajstić information content (AvgIpc) is 2.95. The fourth-order valence-electron chi connectivity index (χ4n) is 3.91. The van der Waals surface area contributed by atoms with Crippen LogP contribution in [0.4, 0.5) is 5.69 Å². The number of carbonyl (C=O) groups is 1. The van der Waals surface area contributed by atoms with Gasteiger partial charge in [-0.25, -0.2) is 9.48 Å². The molecule has 1 fully saturated rings. The van der Waals surface area contributed by atoms with Gasteiger partial charge in [0.15, 0.2) is 0 Å². The van der Waals surface area contributed by atoms with Crippen molar-refractivity contribution >= 4 is 11.6 Å². The first-order valence-electron chi connectivity index (χ1n) is 9.12. The molecule has 2 aromatic rings. The normalized spacial score (nSPS) is 20.2. The maximum absolute atomic E-state index is 12.9. The lowest BCUT2D eigenvalue weighted by Gasteiger charge is -2.38. The number of anilines is 1. The van der Waals surface area contributed by atoms with E-state index in [0.29, 0.717) is 26.1 Å². The molecule has 0 N–H and O–H groups in total. The molecule has 1 saturated heterocycles. The van der Waals surface area contributed by atoms with E-state index in [9.17, 15) is 9.59 Å². The van der Waals surface area contributed by atoms with E-state index in [4.69, 9.17) is 0 Å². The standard InChI is InChI=1S/C18H24N6O2/c1-13-11-15(5-6-19-13)22-7-9-23(10-8-22)17(25)14-3-4-16-20-21(2)18(26)24(16)12-14/h5-6,11,14H,3-4,7-10,12H2,1-2H3/t14-/m1/s1. The third kappa shape index (κ3) is 3.00. The van der Waals surface area contributed by atoms with Crippen LogP contribution in [0.2, 0.25) is 0 Å². The van der Waals surface area contributed by atoms with Gasteiger partial charge in [0.05, 0.1) is 5.92 Å². The largest absolute Gasteiger partial charge is 0.368 e. The van der Waals surface area contributed by atoms with Crippen LogP contribution in [0.1, 0.15) is 17.9 Å². The Morgan fingerprint density at radius 2 is 2.00 bits per heavy atom. The first-order valence-corrected chi connectivity index (χ1v) is 9.12. The Balaban J connectivity index is 1.40. The monoisotopic (exact) mass is 356 g/mol. The lowest BCUT2D eigenvalue weighted by molar-refractivity contribution is -0.136. The lowest BCUT2D eigenvalue weighted by atomic mass is 9.97. The zero-order valence-electron chi connectivity index (χ0n) is 15.3. The highest BCUT2D eigenvalue weighted by molar-refractivity contribution is 5.79. The van der Waals surface area contributed by atoms with Crippen molar-refractivity contribution in [1.82, 2.24) is 24.2 Å². The van der Waals surface area contributed by atoms with Crippen molar-refractivity contribution in [3.63, 3.8) is 0 Å². The minimum atomic E-state index is -0.129. The molecule has 0 spiro atoms. The number of fused-ring (bicyclic) bond motifs is 1. The fraction of sp³-hybridized carbons (Fsp3) is 0.556. The molecule has 26 heavy (non-hydrogen) atoms. The van der Waals surface area contributed by atoms with Crippen LogP contribution in [0, 0.1) is 12.8 Å². The second-order valence-electron chi connectivity index (χ2n) is 7.14. The summed E-state index contributed by atoms with van der Waals surface area (Å²) < 4.78 is 3.01. The number of piperazine rings is 1. The first-order chi connectivity index (χ1) is 12.5. The number of amides is 1. The van der Waals surface area contributed by atoms with Crippen molar-refractivity contribution in [1.29, 1.82) is 0 Å². The van der Waals surface area contributed by atoms with Gasteiger partial charge in [-0.1, -0.05) is 0 Å². The molecule has 8 heteroatoms. The second kappa shape index (κ2) is 6.59. The van der Waals surface area contributed by atoms with E-state index in [2.05, 4.69) is 21.0 Å². The summed E-state index contributed by atoms with van der Waals surface area (Å²) in [5.41, 5.74) is 2.03. The van der Waals surface area contributed by atoms with E-state index in [0.717, 1.165) is 36.7 Å². The zero-order valence-corrected chi connectivity index (χ0v) is 15.3. The quantitative estimate of drug-likeness (QED) is 0.768. The highest BCUT2D eigenvalue weighted by atomic mass is 16.2. The van der Waals surface area contributed by atoms with Crippen molar-refractivity contribution in [3.05, 3.63) is 40.3 Å². The summed E-state index contributed by atoms with van der Waals surface area (Å²) in [5, 5.41) is 4.24. The molecule has 2 aromatic heterocycles. The number of aryl methyl sites for hydroxylation is 3. The summed E-state index contributed by atoms with van der Waals surface area (Å²) >= 11 is 0. The molecule has 138 valence electrons. The van der Waals surface area contributed by atoms with E-state index in [1.807, 2.05) is 24.1 Å². The van der Waals surface area contributed by atoms with E-state index < -0.39 is 0 Å². The maximum Gasteiger partial charge on any atom is 0.345 e. The molecule has 4 heterocycles. The number of hydrogen-bond donors (Lipinski definition) is 0. The van der Waals surface area contributed by atoms with Crippen molar-refractivity contribution in [2.45, 2.75) is 26.3 Å². The highest BCUT2D eigenvalue weighted by Crippen LogP contribution is 2.22. The van der Waals surface area contributed by atoms with E-state index >= 15 is 0 Å². The molecular formula is C18H24N6O2. The number of rotatable bonds is 2. The Hall–Kier alpha value is -2.64. The number of hydrogen-bond acceptors (Lipinski definition) is 5. The predicted octanol–water partition coefficient (Wildman–Crippen LogP) is 0.196. The Morgan fingerprint density at radius 1 is 1.23 bits per heavy atom. The van der Waals surface area contributed by atoms with Crippen LogP contribution in [-0.4, -0.2) is 56.3 Å². The van der Waals surface area contributed by atoms with Gasteiger partial charge in [-0.05, 0) is 25.5 Å². The summed E-state index contributed by atoms with van der Waals surface area (Å²) in [6.07, 6.45) is 3.27. The highest BCUT2D eigenvalue weighted by Gasteiger charge is 2.32. The van der Waals surface area contributed by atoms with Gasteiger partial charge >= 0.3 is 5.69 Å². The van der Waals surface area contributed by atoms with Gasteiger partial charge in [-0.2, -0.15) is 5.10 Å². The minimum Gasteiger partial charge on any atom is -0.368 e. The summed E-state index contributed by atoms with van der Waals surface area (Å²) in [4.78, 5) is 33.5. The zero-order chi connectivity index (χ0) is 18.3. The van der Waals surface area contributed by atoms with Crippen LogP contribution in [0.3, 0.4) is 0 Å². The minimum absolute atomic E-state index is 0.126. The van der Waals surface area contributed by atoms with Gasteiger partial charge < -0.3 is 9.80 Å². The lowest BCUT2D eigenvalue weighted by Crippen LogP contribution is -2.51. The molecular weight excluding hydrogens is 332 g/mol. The van der Waals surface area contributed by atoms with Crippen molar-refractivity contribution in [2.24, 2.45) is 13.0 Å². The smallest absolute Gasteiger partial charge is 0.345 e. The van der Waals surface area contributed by atoms with Crippen molar-refractivity contribution < 1.29 is 4.79 Å². The molecule has 0 radical (unpaired) electrons. The van der Waals surface area contributed by atoms with Crippen LogP contribution in [0.5, 0.6) is 0 Å². The van der Waals surface area contributed by atoms with Crippen LogP contribution in [0.15, 0.2) is 23.1 Å². The van der Waals surface area contributed by atoms with Gasteiger partial charge in [0.2, 0.25) is 5.91 Å². The topological polar surface area (TPSA) is 76.3 Å². The molecule has 1 amide bonds. The van der Waals surface area contributed by atoms with Gasteiger partial charge in [-0.15, -0.1) is 0 Å². The molecule has 0 bridgehead atoms. The second-order valence-corrected chi connectivity index (χ2v) is 7.14. The van der Waals surface area contributed by atoms with E-state index in [1.54, 1.807) is 11.6 Å².